The topological polar surface area (TPSA) is 52.7 Å². The van der Waals surface area contributed by atoms with E-state index >= 15 is 0 Å². The molecule has 0 amide bonds. The molecule has 0 bridgehead atoms. The Morgan fingerprint density at radius 1 is 1.04 bits per heavy atom. The third-order valence-corrected chi connectivity index (χ3v) is 6.44. The molecule has 1 aliphatic rings. The number of rotatable bonds is 5. The normalized spacial score (nSPS) is 15.7. The first-order valence-electron chi connectivity index (χ1n) is 8.94. The number of nitrogens with one attached hydrogen (secondary N) is 1. The first-order chi connectivity index (χ1) is 13.4. The smallest absolute Gasteiger partial charge is 0.236 e. The average molecular weight is 420 g/mol. The molecule has 1 saturated heterocycles. The maximum atomic E-state index is 12.9. The molecule has 0 unspecified atom stereocenters. The van der Waals surface area contributed by atoms with Gasteiger partial charge in [-0.15, -0.1) is 0 Å². The number of hydrogen-bond acceptors (Lipinski definition) is 3. The fourth-order valence-electron chi connectivity index (χ4n) is 2.85. The van der Waals surface area contributed by atoms with Crippen molar-refractivity contribution in [3.8, 4) is 0 Å². The van der Waals surface area contributed by atoms with Crippen LogP contribution in [0.3, 0.4) is 0 Å². The Bertz CT molecular complexity index is 924. The van der Waals surface area contributed by atoms with Crippen LogP contribution in [-0.2, 0) is 16.6 Å². The number of thiocarbonyl (C=S) groups is 1. The standard InChI is InChI=1S/C20H22FN3O2S2/c21-19-8-6-18(7-9-19)16-22-20(27)23-11-13-24(14-12-23)28(25,26)15-10-17-4-2-1-3-5-17/h1-10,15H,11-14,16H2,(H,22,27)/b15-10+. The molecular formula is C20H22FN3O2S2. The summed E-state index contributed by atoms with van der Waals surface area (Å²) in [6.45, 7) is 2.29. The van der Waals surface area contributed by atoms with Gasteiger partial charge in [0.1, 0.15) is 5.82 Å². The van der Waals surface area contributed by atoms with Crippen LogP contribution in [0.15, 0.2) is 60.0 Å². The predicted molar refractivity (Wildman–Crippen MR) is 113 cm³/mol. The van der Waals surface area contributed by atoms with Gasteiger partial charge in [-0.25, -0.2) is 12.8 Å². The quantitative estimate of drug-likeness (QED) is 0.756. The molecule has 2 aromatic carbocycles. The summed E-state index contributed by atoms with van der Waals surface area (Å²) >= 11 is 5.40. The van der Waals surface area contributed by atoms with Gasteiger partial charge in [-0.05, 0) is 41.6 Å². The first-order valence-corrected chi connectivity index (χ1v) is 10.9. The van der Waals surface area contributed by atoms with Crippen LogP contribution in [-0.4, -0.2) is 48.9 Å². The van der Waals surface area contributed by atoms with Crippen molar-refractivity contribution in [1.29, 1.82) is 0 Å². The monoisotopic (exact) mass is 419 g/mol. The van der Waals surface area contributed by atoms with Crippen molar-refractivity contribution < 1.29 is 12.8 Å². The maximum absolute atomic E-state index is 12.9. The highest BCUT2D eigenvalue weighted by Crippen LogP contribution is 2.12. The highest BCUT2D eigenvalue weighted by molar-refractivity contribution is 7.92. The molecule has 0 saturated carbocycles. The SMILES string of the molecule is O=S(=O)(/C=C/c1ccccc1)N1CCN(C(=S)NCc2ccc(F)cc2)CC1. The van der Waals surface area contributed by atoms with Gasteiger partial charge in [-0.1, -0.05) is 42.5 Å². The third-order valence-electron chi connectivity index (χ3n) is 4.47. The Balaban J connectivity index is 1.49. The zero-order valence-electron chi connectivity index (χ0n) is 15.3. The van der Waals surface area contributed by atoms with E-state index in [9.17, 15) is 12.8 Å². The summed E-state index contributed by atoms with van der Waals surface area (Å²) in [6.07, 6.45) is 1.61. The van der Waals surface area contributed by atoms with Gasteiger partial charge < -0.3 is 10.2 Å². The van der Waals surface area contributed by atoms with Crippen molar-refractivity contribution in [3.05, 3.63) is 76.9 Å². The van der Waals surface area contributed by atoms with Gasteiger partial charge in [0.05, 0.1) is 0 Å². The number of nitrogens with zero attached hydrogens (tertiary/aromatic N) is 2. The summed E-state index contributed by atoms with van der Waals surface area (Å²) in [6, 6.07) is 15.6. The molecule has 0 aliphatic carbocycles. The summed E-state index contributed by atoms with van der Waals surface area (Å²) < 4.78 is 39.4. The van der Waals surface area contributed by atoms with E-state index in [0.29, 0.717) is 37.8 Å². The molecular weight excluding hydrogens is 397 g/mol. The molecule has 3 rings (SSSR count). The zero-order valence-corrected chi connectivity index (χ0v) is 16.9. The van der Waals surface area contributed by atoms with Crippen LogP contribution < -0.4 is 5.32 Å². The second-order valence-electron chi connectivity index (χ2n) is 6.43. The van der Waals surface area contributed by atoms with E-state index in [1.54, 1.807) is 18.2 Å². The van der Waals surface area contributed by atoms with Crippen molar-refractivity contribution in [2.75, 3.05) is 26.2 Å². The molecule has 0 aromatic heterocycles. The molecule has 1 heterocycles. The molecule has 28 heavy (non-hydrogen) atoms. The maximum Gasteiger partial charge on any atom is 0.236 e. The Kier molecular flexibility index (Phi) is 6.77. The lowest BCUT2D eigenvalue weighted by atomic mass is 10.2. The van der Waals surface area contributed by atoms with Crippen LogP contribution in [0.2, 0.25) is 0 Å². The summed E-state index contributed by atoms with van der Waals surface area (Å²) in [7, 11) is -3.46. The van der Waals surface area contributed by atoms with Crippen LogP contribution in [0.1, 0.15) is 11.1 Å². The van der Waals surface area contributed by atoms with Gasteiger partial charge in [-0.3, -0.25) is 0 Å². The number of hydrogen-bond donors (Lipinski definition) is 1. The molecule has 2 aromatic rings. The fourth-order valence-corrected chi connectivity index (χ4v) is 4.28. The summed E-state index contributed by atoms with van der Waals surface area (Å²) in [4.78, 5) is 1.95. The molecule has 1 fully saturated rings. The minimum Gasteiger partial charge on any atom is -0.358 e. The van der Waals surface area contributed by atoms with E-state index < -0.39 is 10.0 Å². The Hall–Kier alpha value is -2.29. The highest BCUT2D eigenvalue weighted by atomic mass is 32.2. The first kappa shape index (κ1) is 20.4. The molecule has 148 valence electrons. The second-order valence-corrected chi connectivity index (χ2v) is 8.63. The third kappa shape index (κ3) is 5.60. The predicted octanol–water partition coefficient (Wildman–Crippen LogP) is 2.82. The van der Waals surface area contributed by atoms with Crippen molar-refractivity contribution in [2.24, 2.45) is 0 Å². The summed E-state index contributed by atoms with van der Waals surface area (Å²) in [5, 5.41) is 4.96. The number of sulfonamides is 1. The minimum atomic E-state index is -3.46. The van der Waals surface area contributed by atoms with Crippen molar-refractivity contribution in [3.63, 3.8) is 0 Å². The molecule has 5 nitrogen and oxygen atoms in total. The largest absolute Gasteiger partial charge is 0.358 e. The van der Waals surface area contributed by atoms with Crippen LogP contribution in [0.25, 0.3) is 6.08 Å². The summed E-state index contributed by atoms with van der Waals surface area (Å²) in [5.41, 5.74) is 1.77. The molecule has 0 spiro atoms. The number of benzene rings is 2. The van der Waals surface area contributed by atoms with Gasteiger partial charge in [0.25, 0.3) is 0 Å². The Morgan fingerprint density at radius 2 is 1.68 bits per heavy atom. The van der Waals surface area contributed by atoms with E-state index in [0.717, 1.165) is 11.1 Å². The van der Waals surface area contributed by atoms with Crippen LogP contribution in [0, 0.1) is 5.82 Å². The van der Waals surface area contributed by atoms with Gasteiger partial charge in [0, 0.05) is 38.1 Å². The van der Waals surface area contributed by atoms with Crippen LogP contribution in [0.5, 0.6) is 0 Å². The highest BCUT2D eigenvalue weighted by Gasteiger charge is 2.26. The molecule has 1 N–H and O–H groups in total. The lowest BCUT2D eigenvalue weighted by Gasteiger charge is -2.35. The van der Waals surface area contributed by atoms with E-state index in [4.69, 9.17) is 12.2 Å². The van der Waals surface area contributed by atoms with Crippen LogP contribution in [0.4, 0.5) is 4.39 Å². The van der Waals surface area contributed by atoms with Gasteiger partial charge >= 0.3 is 0 Å². The van der Waals surface area contributed by atoms with E-state index in [-0.39, 0.29) is 5.82 Å². The average Bonchev–Trinajstić information content (AvgIpc) is 2.72. The van der Waals surface area contributed by atoms with E-state index in [2.05, 4.69) is 5.32 Å². The molecule has 0 atom stereocenters. The Morgan fingerprint density at radius 3 is 2.32 bits per heavy atom. The lowest BCUT2D eigenvalue weighted by molar-refractivity contribution is 0.266. The van der Waals surface area contributed by atoms with Gasteiger partial charge in [0.2, 0.25) is 10.0 Å². The number of halogens is 1. The van der Waals surface area contributed by atoms with Crippen LogP contribution >= 0.6 is 12.2 Å². The second kappa shape index (κ2) is 9.27. The zero-order chi connectivity index (χ0) is 20.0. The van der Waals surface area contributed by atoms with E-state index in [1.807, 2.05) is 35.2 Å². The van der Waals surface area contributed by atoms with Crippen molar-refractivity contribution >= 4 is 33.4 Å². The lowest BCUT2D eigenvalue weighted by Crippen LogP contribution is -2.52. The molecule has 1 aliphatic heterocycles. The van der Waals surface area contributed by atoms with Gasteiger partial charge in [0.15, 0.2) is 5.11 Å². The van der Waals surface area contributed by atoms with E-state index in [1.165, 1.54) is 21.8 Å². The number of piperazine rings is 1. The molecule has 0 radical (unpaired) electrons. The Labute approximate surface area is 170 Å². The molecule has 8 heteroatoms. The van der Waals surface area contributed by atoms with Crippen molar-refractivity contribution in [1.82, 2.24) is 14.5 Å². The summed E-state index contributed by atoms with van der Waals surface area (Å²) in [5.74, 6) is -0.273. The minimum absolute atomic E-state index is 0.273. The van der Waals surface area contributed by atoms with Gasteiger partial charge in [-0.2, -0.15) is 4.31 Å². The fraction of sp³-hybridized carbons (Fsp3) is 0.250. The van der Waals surface area contributed by atoms with Crippen molar-refractivity contribution in [2.45, 2.75) is 6.54 Å².